The van der Waals surface area contributed by atoms with Gasteiger partial charge in [-0.15, -0.1) is 0 Å². The quantitative estimate of drug-likeness (QED) is 0.297. The van der Waals surface area contributed by atoms with Crippen molar-refractivity contribution in [2.45, 2.75) is 18.4 Å². The third kappa shape index (κ3) is 5.62. The summed E-state index contributed by atoms with van der Waals surface area (Å²) >= 11 is 0. The number of methoxy groups -OCH3 is 2. The summed E-state index contributed by atoms with van der Waals surface area (Å²) in [7, 11) is 2.94. The summed E-state index contributed by atoms with van der Waals surface area (Å²) in [6.07, 6.45) is 0.409. The number of phenols is 1. The number of hydrogen-bond acceptors (Lipinski definition) is 11. The Kier molecular flexibility index (Phi) is 8.22. The third-order valence-corrected chi connectivity index (χ3v) is 9.30. The molecule has 0 spiro atoms. The summed E-state index contributed by atoms with van der Waals surface area (Å²) < 4.78 is 33.5. The van der Waals surface area contributed by atoms with Crippen molar-refractivity contribution in [2.75, 3.05) is 71.1 Å². The molecule has 46 heavy (non-hydrogen) atoms. The first kappa shape index (κ1) is 30.0. The molecule has 3 heterocycles. The van der Waals surface area contributed by atoms with Crippen LogP contribution in [-0.4, -0.2) is 82.4 Å². The van der Waals surface area contributed by atoms with Crippen LogP contribution in [0.15, 0.2) is 48.5 Å². The predicted octanol–water partition coefficient (Wildman–Crippen LogP) is 3.89. The zero-order valence-corrected chi connectivity index (χ0v) is 25.7. The molecule has 0 radical (unpaired) electrons. The number of fused-ring (bicyclic) bond motifs is 3. The maximum Gasteiger partial charge on any atom is 0.310 e. The standard InChI is InChI=1S/C34H37N3O9/c1-41-27-13-19(14-28(42-2)33(27)39)30-22-15-25-26(46-18-45-25)16-23(22)32(24-17-44-34(40)31(24)30)36-21-5-3-20(4-6-21)35-29(38)7-8-37-9-11-43-12-10-37/h3-6,13-16,24,30-32,36,39H,7-12,17-18H2,1-2H3,(H,35,38)/t24-,30+,31-,32+/m0/s1. The molecule has 7 rings (SSSR count). The van der Waals surface area contributed by atoms with Crippen molar-refractivity contribution >= 4 is 23.3 Å². The lowest BCUT2D eigenvalue weighted by atomic mass is 9.65. The number of hydrogen-bond donors (Lipinski definition) is 3. The van der Waals surface area contributed by atoms with E-state index in [1.54, 1.807) is 12.1 Å². The molecule has 1 aliphatic carbocycles. The molecule has 3 N–H and O–H groups in total. The number of benzene rings is 3. The van der Waals surface area contributed by atoms with Gasteiger partial charge < -0.3 is 44.2 Å². The maximum absolute atomic E-state index is 13.4. The molecular formula is C34H37N3O9. The van der Waals surface area contributed by atoms with E-state index in [-0.39, 0.29) is 54.5 Å². The Morgan fingerprint density at radius 3 is 2.26 bits per heavy atom. The van der Waals surface area contributed by atoms with Crippen LogP contribution in [-0.2, 0) is 19.1 Å². The number of aromatic hydroxyl groups is 1. The maximum atomic E-state index is 13.4. The van der Waals surface area contributed by atoms with Gasteiger partial charge >= 0.3 is 5.97 Å². The van der Waals surface area contributed by atoms with E-state index in [0.717, 1.165) is 35.5 Å². The van der Waals surface area contributed by atoms with Crippen LogP contribution in [0.2, 0.25) is 0 Å². The van der Waals surface area contributed by atoms with Crippen LogP contribution < -0.4 is 29.6 Å². The highest BCUT2D eigenvalue weighted by atomic mass is 16.7. The van der Waals surface area contributed by atoms with E-state index < -0.39 is 11.8 Å². The summed E-state index contributed by atoms with van der Waals surface area (Å²) in [6, 6.07) is 14.6. The largest absolute Gasteiger partial charge is 0.502 e. The molecule has 3 aromatic rings. The van der Waals surface area contributed by atoms with Gasteiger partial charge in [-0.2, -0.15) is 0 Å². The number of morpholine rings is 1. The van der Waals surface area contributed by atoms with E-state index >= 15 is 0 Å². The van der Waals surface area contributed by atoms with E-state index in [9.17, 15) is 14.7 Å². The first-order valence-corrected chi connectivity index (χ1v) is 15.4. The van der Waals surface area contributed by atoms with Crippen molar-refractivity contribution in [3.63, 3.8) is 0 Å². The number of nitrogens with one attached hydrogen (secondary N) is 2. The van der Waals surface area contributed by atoms with E-state index in [0.29, 0.717) is 43.4 Å². The Labute approximate surface area is 266 Å². The fourth-order valence-corrected chi connectivity index (χ4v) is 6.98. The Morgan fingerprint density at radius 1 is 0.935 bits per heavy atom. The Morgan fingerprint density at radius 2 is 1.59 bits per heavy atom. The fraction of sp³-hybridized carbons (Fsp3) is 0.412. The van der Waals surface area contributed by atoms with E-state index in [1.165, 1.54) is 14.2 Å². The number of esters is 1. The van der Waals surface area contributed by atoms with Crippen molar-refractivity contribution in [1.82, 2.24) is 4.90 Å². The highest BCUT2D eigenvalue weighted by molar-refractivity contribution is 5.91. The number of carbonyl (C=O) groups is 2. The van der Waals surface area contributed by atoms with Gasteiger partial charge in [-0.05, 0) is 65.2 Å². The van der Waals surface area contributed by atoms with Crippen LogP contribution in [0.3, 0.4) is 0 Å². The first-order chi connectivity index (χ1) is 22.4. The van der Waals surface area contributed by atoms with E-state index in [4.69, 9.17) is 28.4 Å². The lowest BCUT2D eigenvalue weighted by molar-refractivity contribution is -0.141. The normalized spacial score (nSPS) is 23.2. The fourth-order valence-electron chi connectivity index (χ4n) is 6.98. The predicted molar refractivity (Wildman–Crippen MR) is 167 cm³/mol. The minimum Gasteiger partial charge on any atom is -0.502 e. The molecule has 4 atom stereocenters. The molecule has 0 saturated carbocycles. The van der Waals surface area contributed by atoms with E-state index in [2.05, 4.69) is 15.5 Å². The molecule has 2 saturated heterocycles. The van der Waals surface area contributed by atoms with Crippen LogP contribution in [0.25, 0.3) is 0 Å². The van der Waals surface area contributed by atoms with Gasteiger partial charge in [-0.25, -0.2) is 0 Å². The average Bonchev–Trinajstić information content (AvgIpc) is 3.70. The summed E-state index contributed by atoms with van der Waals surface area (Å²) in [5, 5.41) is 17.2. The molecule has 12 heteroatoms. The average molecular weight is 632 g/mol. The molecule has 1 amide bonds. The van der Waals surface area contributed by atoms with Crippen molar-refractivity contribution in [3.05, 3.63) is 65.2 Å². The summed E-state index contributed by atoms with van der Waals surface area (Å²) in [5.41, 5.74) is 4.09. The molecule has 0 unspecified atom stereocenters. The van der Waals surface area contributed by atoms with Gasteiger partial charge in [-0.3, -0.25) is 14.5 Å². The zero-order valence-electron chi connectivity index (χ0n) is 25.7. The van der Waals surface area contributed by atoms with Crippen LogP contribution >= 0.6 is 0 Å². The molecule has 2 fully saturated rings. The number of ether oxygens (including phenoxy) is 6. The minimum absolute atomic E-state index is 0.0394. The molecule has 0 bridgehead atoms. The molecule has 242 valence electrons. The highest BCUT2D eigenvalue weighted by Crippen LogP contribution is 2.56. The molecule has 3 aromatic carbocycles. The Balaban J connectivity index is 1.17. The lowest BCUT2D eigenvalue weighted by Gasteiger charge is -2.40. The van der Waals surface area contributed by atoms with Crippen LogP contribution in [0.5, 0.6) is 28.7 Å². The second kappa shape index (κ2) is 12.6. The molecule has 4 aliphatic rings. The molecule has 3 aliphatic heterocycles. The van der Waals surface area contributed by atoms with Crippen LogP contribution in [0.4, 0.5) is 11.4 Å². The van der Waals surface area contributed by atoms with Gasteiger partial charge in [0.05, 0.1) is 46.0 Å². The van der Waals surface area contributed by atoms with E-state index in [1.807, 2.05) is 36.4 Å². The van der Waals surface area contributed by atoms with Crippen LogP contribution in [0, 0.1) is 11.8 Å². The number of anilines is 2. The number of rotatable bonds is 9. The summed E-state index contributed by atoms with van der Waals surface area (Å²) in [4.78, 5) is 28.3. The third-order valence-electron chi connectivity index (χ3n) is 9.30. The molecule has 0 aromatic heterocycles. The van der Waals surface area contributed by atoms with Gasteiger partial charge in [-0.1, -0.05) is 0 Å². The Bertz CT molecular complexity index is 1600. The summed E-state index contributed by atoms with van der Waals surface area (Å²) in [6.45, 7) is 4.13. The zero-order chi connectivity index (χ0) is 31.8. The Hall–Kier alpha value is -4.68. The number of carbonyl (C=O) groups excluding carboxylic acids is 2. The number of amides is 1. The number of nitrogens with zero attached hydrogens (tertiary/aromatic N) is 1. The second-order valence-corrected chi connectivity index (χ2v) is 11.9. The monoisotopic (exact) mass is 631 g/mol. The smallest absolute Gasteiger partial charge is 0.310 e. The van der Waals surface area contributed by atoms with Crippen molar-refractivity contribution in [3.8, 4) is 28.7 Å². The van der Waals surface area contributed by atoms with Crippen LogP contribution in [0.1, 0.15) is 35.1 Å². The molecular weight excluding hydrogens is 594 g/mol. The lowest BCUT2D eigenvalue weighted by Crippen LogP contribution is -2.38. The summed E-state index contributed by atoms with van der Waals surface area (Å²) in [5.74, 6) is 0.0704. The molecule has 12 nitrogen and oxygen atoms in total. The number of cyclic esters (lactones) is 1. The first-order valence-electron chi connectivity index (χ1n) is 15.4. The van der Waals surface area contributed by atoms with Gasteiger partial charge in [0.1, 0.15) is 0 Å². The van der Waals surface area contributed by atoms with Gasteiger partial charge in [0.25, 0.3) is 0 Å². The van der Waals surface area contributed by atoms with Gasteiger partial charge in [0.15, 0.2) is 23.0 Å². The van der Waals surface area contributed by atoms with Crippen molar-refractivity contribution < 1.29 is 43.1 Å². The van der Waals surface area contributed by atoms with Crippen molar-refractivity contribution in [1.29, 1.82) is 0 Å². The van der Waals surface area contributed by atoms with Gasteiger partial charge in [0.2, 0.25) is 18.4 Å². The second-order valence-electron chi connectivity index (χ2n) is 11.9. The minimum atomic E-state index is -0.533. The highest BCUT2D eigenvalue weighted by Gasteiger charge is 2.52. The van der Waals surface area contributed by atoms with Gasteiger partial charge in [0, 0.05) is 49.3 Å². The number of phenolic OH excluding ortho intramolecular Hbond substituents is 1. The topological polar surface area (TPSA) is 137 Å². The SMILES string of the molecule is COc1cc([C@@H]2c3cc4c(cc3[C@@H](Nc3ccc(NC(=O)CCN5CCOCC5)cc3)[C@H]3COC(=O)[C@H]23)OCO4)cc(OC)c1O. The van der Waals surface area contributed by atoms with Crippen molar-refractivity contribution in [2.24, 2.45) is 11.8 Å².